The first-order chi connectivity index (χ1) is 9.26. The van der Waals surface area contributed by atoms with Crippen molar-refractivity contribution in [2.75, 3.05) is 19.0 Å². The molecule has 1 fully saturated rings. The van der Waals surface area contributed by atoms with E-state index in [1.807, 2.05) is 0 Å². The molecule has 4 nitrogen and oxygen atoms in total. The Balaban J connectivity index is 1.94. The lowest BCUT2D eigenvalue weighted by Gasteiger charge is -2.18. The van der Waals surface area contributed by atoms with Crippen molar-refractivity contribution in [1.29, 1.82) is 0 Å². The summed E-state index contributed by atoms with van der Waals surface area (Å²) in [5, 5.41) is 4.02. The number of hydrogen-bond donors (Lipinski definition) is 1. The van der Waals surface area contributed by atoms with Gasteiger partial charge in [-0.2, -0.15) is 0 Å². The van der Waals surface area contributed by atoms with Gasteiger partial charge in [-0.05, 0) is 36.8 Å². The fourth-order valence-corrected chi connectivity index (χ4v) is 3.48. The molecule has 1 aliphatic rings. The lowest BCUT2D eigenvalue weighted by Crippen LogP contribution is -2.31. The third-order valence-electron chi connectivity index (χ3n) is 3.75. The van der Waals surface area contributed by atoms with Crippen LogP contribution in [0.3, 0.4) is 0 Å². The summed E-state index contributed by atoms with van der Waals surface area (Å²) in [6, 6.07) is 3.48. The Labute approximate surface area is 122 Å². The molecule has 0 bridgehead atoms. The molecule has 1 aliphatic carbocycles. The van der Waals surface area contributed by atoms with E-state index in [2.05, 4.69) is 26.2 Å². The number of alkyl halides is 1. The van der Waals surface area contributed by atoms with E-state index in [1.165, 1.54) is 26.4 Å². The molecule has 1 heterocycles. The largest absolute Gasteiger partial charge is 0.480 e. The molecule has 0 spiro atoms. The molecule has 1 aromatic heterocycles. The average molecular weight is 327 g/mol. The summed E-state index contributed by atoms with van der Waals surface area (Å²) >= 11 is 3.55. The first kappa shape index (κ1) is 14.3. The maximum absolute atomic E-state index is 12.1. The molecular formula is C14H19BrN2O2. The molecule has 0 aliphatic heterocycles. The number of hydrogen-bond acceptors (Lipinski definition) is 3. The van der Waals surface area contributed by atoms with Gasteiger partial charge in [0.15, 0.2) is 0 Å². The van der Waals surface area contributed by atoms with Crippen LogP contribution < -0.4 is 10.1 Å². The van der Waals surface area contributed by atoms with Gasteiger partial charge in [0.2, 0.25) is 5.88 Å². The smallest absolute Gasteiger partial charge is 0.256 e. The third-order valence-corrected chi connectivity index (χ3v) is 4.58. The van der Waals surface area contributed by atoms with Crippen molar-refractivity contribution < 1.29 is 9.53 Å². The highest BCUT2D eigenvalue weighted by Crippen LogP contribution is 2.32. The van der Waals surface area contributed by atoms with E-state index >= 15 is 0 Å². The van der Waals surface area contributed by atoms with Crippen LogP contribution in [-0.2, 0) is 0 Å². The molecule has 0 saturated heterocycles. The third kappa shape index (κ3) is 3.47. The summed E-state index contributed by atoms with van der Waals surface area (Å²) in [4.78, 5) is 16.2. The van der Waals surface area contributed by atoms with E-state index in [9.17, 15) is 4.79 Å². The van der Waals surface area contributed by atoms with Crippen LogP contribution >= 0.6 is 15.9 Å². The predicted molar refractivity (Wildman–Crippen MR) is 77.7 cm³/mol. The summed E-state index contributed by atoms with van der Waals surface area (Å²) in [5.41, 5.74) is 0.499. The average Bonchev–Trinajstić information content (AvgIpc) is 2.92. The molecule has 19 heavy (non-hydrogen) atoms. The Bertz CT molecular complexity index is 439. The van der Waals surface area contributed by atoms with Crippen LogP contribution in [0.15, 0.2) is 18.3 Å². The van der Waals surface area contributed by atoms with Crippen LogP contribution in [0, 0.1) is 11.8 Å². The van der Waals surface area contributed by atoms with Gasteiger partial charge in [0.05, 0.1) is 7.11 Å². The first-order valence-electron chi connectivity index (χ1n) is 6.59. The Morgan fingerprint density at radius 1 is 1.53 bits per heavy atom. The van der Waals surface area contributed by atoms with E-state index < -0.39 is 0 Å². The van der Waals surface area contributed by atoms with Gasteiger partial charge in [-0.3, -0.25) is 4.79 Å². The van der Waals surface area contributed by atoms with Gasteiger partial charge in [0, 0.05) is 18.1 Å². The molecule has 0 aromatic carbocycles. The number of nitrogens with zero attached hydrogens (tertiary/aromatic N) is 1. The van der Waals surface area contributed by atoms with Crippen molar-refractivity contribution in [2.45, 2.75) is 19.3 Å². The second-order valence-corrected chi connectivity index (χ2v) is 5.52. The van der Waals surface area contributed by atoms with Crippen molar-refractivity contribution in [3.8, 4) is 5.88 Å². The second kappa shape index (κ2) is 6.89. The monoisotopic (exact) mass is 326 g/mol. The van der Waals surface area contributed by atoms with Crippen molar-refractivity contribution in [2.24, 2.45) is 11.8 Å². The van der Waals surface area contributed by atoms with E-state index in [4.69, 9.17) is 4.74 Å². The molecule has 104 valence electrons. The molecule has 1 aromatic rings. The topological polar surface area (TPSA) is 51.2 Å². The minimum absolute atomic E-state index is 0.106. The second-order valence-electron chi connectivity index (χ2n) is 4.88. The molecule has 2 rings (SSSR count). The van der Waals surface area contributed by atoms with Gasteiger partial charge in [0.25, 0.3) is 5.91 Å². The summed E-state index contributed by atoms with van der Waals surface area (Å²) in [5.74, 6) is 1.52. The van der Waals surface area contributed by atoms with Gasteiger partial charge in [-0.25, -0.2) is 4.98 Å². The van der Waals surface area contributed by atoms with Gasteiger partial charge < -0.3 is 10.1 Å². The zero-order chi connectivity index (χ0) is 13.7. The molecule has 1 N–H and O–H groups in total. The quantitative estimate of drug-likeness (QED) is 0.846. The van der Waals surface area contributed by atoms with E-state index in [1.54, 1.807) is 18.3 Å². The molecular weight excluding hydrogens is 308 g/mol. The number of methoxy groups -OCH3 is 1. The minimum Gasteiger partial charge on any atom is -0.480 e. The first-order valence-corrected chi connectivity index (χ1v) is 7.71. The summed E-state index contributed by atoms with van der Waals surface area (Å²) in [6.07, 6.45) is 5.32. The van der Waals surface area contributed by atoms with Crippen LogP contribution in [0.1, 0.15) is 29.6 Å². The summed E-state index contributed by atoms with van der Waals surface area (Å²) in [6.45, 7) is 0.729. The van der Waals surface area contributed by atoms with Crippen LogP contribution in [0.4, 0.5) is 0 Å². The van der Waals surface area contributed by atoms with Crippen LogP contribution in [0.2, 0.25) is 0 Å². The normalized spacial score (nSPS) is 22.2. The van der Waals surface area contributed by atoms with Crippen molar-refractivity contribution in [1.82, 2.24) is 10.3 Å². The van der Waals surface area contributed by atoms with Crippen LogP contribution in [-0.4, -0.2) is 29.9 Å². The Kier molecular flexibility index (Phi) is 5.19. The van der Waals surface area contributed by atoms with Crippen molar-refractivity contribution in [3.05, 3.63) is 23.9 Å². The lowest BCUT2D eigenvalue weighted by molar-refractivity contribution is 0.0941. The fourth-order valence-electron chi connectivity index (χ4n) is 2.63. The van der Waals surface area contributed by atoms with Crippen LogP contribution in [0.5, 0.6) is 5.88 Å². The molecule has 1 saturated carbocycles. The number of carbonyl (C=O) groups is 1. The molecule has 5 heteroatoms. The number of amides is 1. The highest BCUT2D eigenvalue weighted by molar-refractivity contribution is 9.09. The zero-order valence-electron chi connectivity index (χ0n) is 11.1. The Morgan fingerprint density at radius 2 is 2.32 bits per heavy atom. The van der Waals surface area contributed by atoms with E-state index in [0.29, 0.717) is 23.3 Å². The molecule has 2 atom stereocenters. The van der Waals surface area contributed by atoms with Gasteiger partial charge in [-0.15, -0.1) is 0 Å². The maximum atomic E-state index is 12.1. The minimum atomic E-state index is -0.106. The molecule has 1 amide bonds. The summed E-state index contributed by atoms with van der Waals surface area (Å²) in [7, 11) is 1.52. The zero-order valence-corrected chi connectivity index (χ0v) is 12.6. The molecule has 0 radical (unpaired) electrons. The maximum Gasteiger partial charge on any atom is 0.256 e. The number of aromatic nitrogens is 1. The Morgan fingerprint density at radius 3 is 3.05 bits per heavy atom. The van der Waals surface area contributed by atoms with Gasteiger partial charge >= 0.3 is 0 Å². The van der Waals surface area contributed by atoms with E-state index in [-0.39, 0.29) is 5.91 Å². The van der Waals surface area contributed by atoms with E-state index in [0.717, 1.165) is 11.9 Å². The SMILES string of the molecule is COc1ncccc1C(=O)NCC1CCCC1CBr. The number of ether oxygens (including phenoxy) is 1. The van der Waals surface area contributed by atoms with Gasteiger partial charge in [-0.1, -0.05) is 22.4 Å². The lowest BCUT2D eigenvalue weighted by atomic mass is 9.98. The van der Waals surface area contributed by atoms with Gasteiger partial charge in [0.1, 0.15) is 5.56 Å². The highest BCUT2D eigenvalue weighted by atomic mass is 79.9. The fraction of sp³-hybridized carbons (Fsp3) is 0.571. The highest BCUT2D eigenvalue weighted by Gasteiger charge is 2.26. The van der Waals surface area contributed by atoms with Crippen molar-refractivity contribution in [3.63, 3.8) is 0 Å². The Hall–Kier alpha value is -1.10. The number of carbonyl (C=O) groups excluding carboxylic acids is 1. The number of nitrogens with one attached hydrogen (secondary N) is 1. The summed E-state index contributed by atoms with van der Waals surface area (Å²) < 4.78 is 5.10. The molecule has 2 unspecified atom stereocenters. The van der Waals surface area contributed by atoms with Crippen molar-refractivity contribution >= 4 is 21.8 Å². The number of rotatable bonds is 5. The van der Waals surface area contributed by atoms with Crippen LogP contribution in [0.25, 0.3) is 0 Å². The number of halogens is 1. The number of pyridine rings is 1. The standard InChI is InChI=1S/C14H19BrN2O2/c1-19-14-12(6-3-7-16-14)13(18)17-9-11-5-2-4-10(11)8-15/h3,6-7,10-11H,2,4-5,8-9H2,1H3,(H,17,18). The predicted octanol–water partition coefficient (Wildman–Crippen LogP) is 2.63.